The van der Waals surface area contributed by atoms with Crippen LogP contribution in [-0.2, 0) is 16.6 Å². The van der Waals surface area contributed by atoms with E-state index in [-0.39, 0.29) is 47.7 Å². The fourth-order valence-electron chi connectivity index (χ4n) is 3.26. The number of carbonyl (C=O) groups excluding carboxylic acids is 1. The highest BCUT2D eigenvalue weighted by molar-refractivity contribution is 14.0. The van der Waals surface area contributed by atoms with E-state index in [0.29, 0.717) is 30.8 Å². The van der Waals surface area contributed by atoms with Crippen LogP contribution in [0.4, 0.5) is 4.39 Å². The Kier molecular flexibility index (Phi) is 10.4. The van der Waals surface area contributed by atoms with E-state index in [2.05, 4.69) is 34.8 Å². The minimum Gasteiger partial charge on any atom is -0.484 e. The maximum absolute atomic E-state index is 13.6. The number of rotatable bonds is 10. The zero-order valence-corrected chi connectivity index (χ0v) is 21.8. The van der Waals surface area contributed by atoms with Crippen LogP contribution in [0.15, 0.2) is 53.5 Å². The molecule has 33 heavy (non-hydrogen) atoms. The van der Waals surface area contributed by atoms with E-state index in [0.717, 1.165) is 30.4 Å². The van der Waals surface area contributed by atoms with Crippen LogP contribution in [-0.4, -0.2) is 44.7 Å². The zero-order chi connectivity index (χ0) is 23.0. The lowest BCUT2D eigenvalue weighted by molar-refractivity contribution is -0.123. The van der Waals surface area contributed by atoms with Crippen LogP contribution in [0.3, 0.4) is 0 Å². The number of amides is 1. The third-order valence-corrected chi connectivity index (χ3v) is 5.47. The van der Waals surface area contributed by atoms with Gasteiger partial charge in [-0.15, -0.1) is 24.0 Å². The summed E-state index contributed by atoms with van der Waals surface area (Å²) in [7, 11) is 1.73. The first-order valence-corrected chi connectivity index (χ1v) is 11.1. The summed E-state index contributed by atoms with van der Waals surface area (Å²) < 4.78 is 19.1. The minimum absolute atomic E-state index is 0. The summed E-state index contributed by atoms with van der Waals surface area (Å²) in [6, 6.07) is 14.8. The van der Waals surface area contributed by atoms with Gasteiger partial charge in [0.25, 0.3) is 5.91 Å². The van der Waals surface area contributed by atoms with E-state index < -0.39 is 0 Å². The number of carbonyl (C=O) groups is 1. The van der Waals surface area contributed by atoms with Crippen molar-refractivity contribution in [1.82, 2.24) is 16.0 Å². The molecule has 1 saturated carbocycles. The Hall–Kier alpha value is -2.36. The molecule has 0 heterocycles. The molecule has 0 aromatic heterocycles. The summed E-state index contributed by atoms with van der Waals surface area (Å²) in [4.78, 5) is 16.0. The molecule has 0 bridgehead atoms. The summed E-state index contributed by atoms with van der Waals surface area (Å²) in [5.41, 5.74) is 1.85. The lowest BCUT2D eigenvalue weighted by Crippen LogP contribution is -2.44. The van der Waals surface area contributed by atoms with Gasteiger partial charge >= 0.3 is 0 Å². The molecule has 0 saturated heterocycles. The summed E-state index contributed by atoms with van der Waals surface area (Å²) in [6.45, 7) is 5.52. The van der Waals surface area contributed by atoms with Gasteiger partial charge in [0.05, 0.1) is 0 Å². The van der Waals surface area contributed by atoms with Crippen LogP contribution in [0.1, 0.15) is 37.8 Å². The molecule has 3 N–H and O–H groups in total. The van der Waals surface area contributed by atoms with Crippen molar-refractivity contribution in [2.75, 3.05) is 26.7 Å². The van der Waals surface area contributed by atoms with Gasteiger partial charge in [-0.25, -0.2) is 4.39 Å². The molecule has 0 spiro atoms. The molecule has 6 nitrogen and oxygen atoms in total. The first kappa shape index (κ1) is 26.9. The Bertz CT molecular complexity index is 930. The zero-order valence-electron chi connectivity index (χ0n) is 19.5. The van der Waals surface area contributed by atoms with E-state index in [9.17, 15) is 9.18 Å². The van der Waals surface area contributed by atoms with Gasteiger partial charge in [-0.1, -0.05) is 38.1 Å². The van der Waals surface area contributed by atoms with Gasteiger partial charge in [0.2, 0.25) is 0 Å². The molecule has 1 aliphatic rings. The topological polar surface area (TPSA) is 74.8 Å². The molecule has 0 radical (unpaired) electrons. The predicted octanol–water partition coefficient (Wildman–Crippen LogP) is 3.79. The lowest BCUT2D eigenvalue weighted by Gasteiger charge is -2.27. The van der Waals surface area contributed by atoms with Crippen molar-refractivity contribution in [3.63, 3.8) is 0 Å². The summed E-state index contributed by atoms with van der Waals surface area (Å²) in [5.74, 6) is 1.09. The number of ether oxygens (including phenoxy) is 1. The molecule has 0 aliphatic heterocycles. The summed E-state index contributed by atoms with van der Waals surface area (Å²) >= 11 is 0. The summed E-state index contributed by atoms with van der Waals surface area (Å²) in [6.07, 6.45) is 2.95. The number of hydrogen-bond donors (Lipinski definition) is 3. The smallest absolute Gasteiger partial charge is 0.258 e. The van der Waals surface area contributed by atoms with Crippen LogP contribution in [0, 0.1) is 5.82 Å². The van der Waals surface area contributed by atoms with Crippen LogP contribution in [0.5, 0.6) is 5.75 Å². The Labute approximate surface area is 212 Å². The highest BCUT2D eigenvalue weighted by atomic mass is 127. The second-order valence-corrected chi connectivity index (χ2v) is 8.77. The third kappa shape index (κ3) is 9.19. The molecule has 2 aromatic carbocycles. The van der Waals surface area contributed by atoms with Crippen LogP contribution >= 0.6 is 24.0 Å². The fraction of sp³-hybridized carbons (Fsp3) is 0.440. The van der Waals surface area contributed by atoms with Crippen LogP contribution in [0.2, 0.25) is 0 Å². The van der Waals surface area contributed by atoms with Crippen molar-refractivity contribution in [3.05, 3.63) is 65.5 Å². The van der Waals surface area contributed by atoms with Gasteiger partial charge in [0.1, 0.15) is 11.6 Å². The molecule has 1 amide bonds. The Morgan fingerprint density at radius 3 is 2.52 bits per heavy atom. The van der Waals surface area contributed by atoms with E-state index in [1.54, 1.807) is 19.2 Å². The molecule has 1 aliphatic carbocycles. The van der Waals surface area contributed by atoms with Crippen LogP contribution in [0.25, 0.3) is 0 Å². The summed E-state index contributed by atoms with van der Waals surface area (Å²) in [5, 5.41) is 9.54. The fourth-order valence-corrected chi connectivity index (χ4v) is 3.26. The number of nitrogens with one attached hydrogen (secondary N) is 3. The van der Waals surface area contributed by atoms with Crippen molar-refractivity contribution in [2.24, 2.45) is 4.99 Å². The van der Waals surface area contributed by atoms with E-state index in [1.807, 2.05) is 30.3 Å². The van der Waals surface area contributed by atoms with Crippen molar-refractivity contribution in [2.45, 2.75) is 44.6 Å². The lowest BCUT2D eigenvalue weighted by atomic mass is 9.84. The molecule has 2 aromatic rings. The maximum Gasteiger partial charge on any atom is 0.258 e. The maximum atomic E-state index is 13.6. The van der Waals surface area contributed by atoms with Gasteiger partial charge in [0, 0.05) is 31.6 Å². The molecular formula is C25H34FIN4O2. The average Bonchev–Trinajstić information content (AvgIpc) is 3.59. The second-order valence-electron chi connectivity index (χ2n) is 8.77. The predicted molar refractivity (Wildman–Crippen MR) is 141 cm³/mol. The Morgan fingerprint density at radius 2 is 1.88 bits per heavy atom. The van der Waals surface area contributed by atoms with Crippen molar-refractivity contribution < 1.29 is 13.9 Å². The van der Waals surface area contributed by atoms with Crippen molar-refractivity contribution in [1.29, 1.82) is 0 Å². The Morgan fingerprint density at radius 1 is 1.15 bits per heavy atom. The van der Waals surface area contributed by atoms with E-state index in [4.69, 9.17) is 4.74 Å². The molecule has 0 atom stereocenters. The van der Waals surface area contributed by atoms with E-state index >= 15 is 0 Å². The molecule has 3 rings (SSSR count). The minimum atomic E-state index is -0.245. The first-order valence-electron chi connectivity index (χ1n) is 11.1. The Balaban J connectivity index is 0.00000385. The highest BCUT2D eigenvalue weighted by Gasteiger charge is 2.23. The molecule has 180 valence electrons. The molecule has 1 fully saturated rings. The number of benzene rings is 2. The quantitative estimate of drug-likeness (QED) is 0.232. The molecule has 0 unspecified atom stereocenters. The van der Waals surface area contributed by atoms with Gasteiger partial charge < -0.3 is 20.7 Å². The number of guanidine groups is 1. The normalized spacial score (nSPS) is 13.6. The van der Waals surface area contributed by atoms with Gasteiger partial charge in [-0.05, 0) is 54.7 Å². The van der Waals surface area contributed by atoms with Gasteiger partial charge in [-0.2, -0.15) is 0 Å². The van der Waals surface area contributed by atoms with Crippen molar-refractivity contribution in [3.8, 4) is 5.75 Å². The SMILES string of the molecule is CN=C(NCCc1ccc(OCC(=O)NC2CC2)cc1)NCC(C)(C)c1cccc(F)c1.I. The monoisotopic (exact) mass is 568 g/mol. The third-order valence-electron chi connectivity index (χ3n) is 5.47. The molecular weight excluding hydrogens is 534 g/mol. The van der Waals surface area contributed by atoms with Gasteiger partial charge in [-0.3, -0.25) is 9.79 Å². The molecule has 8 heteroatoms. The number of hydrogen-bond acceptors (Lipinski definition) is 3. The second kappa shape index (κ2) is 12.8. The highest BCUT2D eigenvalue weighted by Crippen LogP contribution is 2.23. The number of halogens is 2. The number of aliphatic imine (C=N–C) groups is 1. The number of nitrogens with zero attached hydrogens (tertiary/aromatic N) is 1. The van der Waals surface area contributed by atoms with Crippen LogP contribution < -0.4 is 20.7 Å². The largest absolute Gasteiger partial charge is 0.484 e. The van der Waals surface area contributed by atoms with E-state index in [1.165, 1.54) is 6.07 Å². The first-order chi connectivity index (χ1) is 15.4. The average molecular weight is 568 g/mol. The van der Waals surface area contributed by atoms with Gasteiger partial charge in [0.15, 0.2) is 12.6 Å². The standard InChI is InChI=1S/C25H33FN4O2.HI/c1-25(2,19-5-4-6-20(26)15-19)17-29-24(27-3)28-14-13-18-7-11-22(12-8-18)32-16-23(31)30-21-9-10-21;/h4-8,11-12,15,21H,9-10,13-14,16-17H2,1-3H3,(H,30,31)(H2,27,28,29);1H. The van der Waals surface area contributed by atoms with Crippen molar-refractivity contribution >= 4 is 35.8 Å².